The van der Waals surface area contributed by atoms with Crippen molar-refractivity contribution in [3.8, 4) is 11.3 Å². The zero-order valence-electron chi connectivity index (χ0n) is 14.1. The highest BCUT2D eigenvalue weighted by molar-refractivity contribution is 6.12. The Kier molecular flexibility index (Phi) is 4.15. The number of benzene rings is 2. The fourth-order valence-corrected chi connectivity index (χ4v) is 2.73. The molecule has 2 heterocycles. The van der Waals surface area contributed by atoms with Gasteiger partial charge in [0.05, 0.1) is 16.8 Å². The van der Waals surface area contributed by atoms with Crippen LogP contribution in [0, 0.1) is 0 Å². The number of aromatic nitrogens is 3. The molecule has 0 spiro atoms. The highest BCUT2D eigenvalue weighted by Crippen LogP contribution is 2.25. The van der Waals surface area contributed by atoms with Gasteiger partial charge in [-0.25, -0.2) is 4.98 Å². The summed E-state index contributed by atoms with van der Waals surface area (Å²) in [5.41, 5.74) is 2.93. The topological polar surface area (TPSA) is 80.9 Å². The van der Waals surface area contributed by atoms with Gasteiger partial charge in [0.1, 0.15) is 0 Å². The lowest BCUT2D eigenvalue weighted by molar-refractivity contribution is 0.102. The number of aryl methyl sites for hydroxylation is 1. The van der Waals surface area contributed by atoms with Crippen LogP contribution in [-0.2, 0) is 6.42 Å². The van der Waals surface area contributed by atoms with Crippen LogP contribution in [0.25, 0.3) is 22.2 Å². The molecule has 2 aromatic carbocycles. The maximum absolute atomic E-state index is 12.8. The molecule has 0 aliphatic rings. The van der Waals surface area contributed by atoms with Crippen molar-refractivity contribution in [3.63, 3.8) is 0 Å². The number of amides is 1. The Bertz CT molecular complexity index is 1070. The fourth-order valence-electron chi connectivity index (χ4n) is 2.73. The van der Waals surface area contributed by atoms with Crippen LogP contribution >= 0.6 is 0 Å². The van der Waals surface area contributed by atoms with E-state index >= 15 is 0 Å². The van der Waals surface area contributed by atoms with Crippen molar-refractivity contribution in [2.24, 2.45) is 0 Å². The summed E-state index contributed by atoms with van der Waals surface area (Å²) in [5.74, 6) is 0.164. The van der Waals surface area contributed by atoms with Gasteiger partial charge in [0.15, 0.2) is 0 Å². The maximum atomic E-state index is 12.8. The molecule has 0 bridgehead atoms. The van der Waals surface area contributed by atoms with Crippen LogP contribution in [0.15, 0.2) is 65.1 Å². The van der Waals surface area contributed by atoms with E-state index in [1.807, 2.05) is 61.5 Å². The molecule has 0 fully saturated rings. The predicted octanol–water partition coefficient (Wildman–Crippen LogP) is 4.10. The van der Waals surface area contributed by atoms with E-state index in [0.717, 1.165) is 22.2 Å². The zero-order valence-corrected chi connectivity index (χ0v) is 14.1. The highest BCUT2D eigenvalue weighted by atomic mass is 16.4. The number of anilines is 1. The number of hydrogen-bond acceptors (Lipinski definition) is 5. The van der Waals surface area contributed by atoms with E-state index in [4.69, 9.17) is 4.42 Å². The Morgan fingerprint density at radius 2 is 1.81 bits per heavy atom. The molecule has 6 nitrogen and oxygen atoms in total. The maximum Gasteiger partial charge on any atom is 0.322 e. The summed E-state index contributed by atoms with van der Waals surface area (Å²) in [6, 6.07) is 19.2. The number of hydrogen-bond donors (Lipinski definition) is 1. The van der Waals surface area contributed by atoms with Crippen molar-refractivity contribution in [2.45, 2.75) is 13.3 Å². The lowest BCUT2D eigenvalue weighted by Crippen LogP contribution is -2.13. The number of para-hydroxylation sites is 1. The Hall–Kier alpha value is -3.54. The van der Waals surface area contributed by atoms with Gasteiger partial charge in [-0.15, -0.1) is 5.10 Å². The van der Waals surface area contributed by atoms with Gasteiger partial charge < -0.3 is 4.42 Å². The minimum absolute atomic E-state index is 0.0917. The largest absolute Gasteiger partial charge is 0.408 e. The average molecular weight is 344 g/mol. The SMILES string of the molecule is CCc1nnc(NC(=O)c2cc(-c3ccccc3)nc3ccccc23)o1. The molecule has 0 saturated heterocycles. The molecule has 26 heavy (non-hydrogen) atoms. The predicted molar refractivity (Wildman–Crippen MR) is 98.8 cm³/mol. The minimum Gasteiger partial charge on any atom is -0.408 e. The summed E-state index contributed by atoms with van der Waals surface area (Å²) < 4.78 is 5.38. The lowest BCUT2D eigenvalue weighted by atomic mass is 10.0. The van der Waals surface area contributed by atoms with Crippen LogP contribution in [-0.4, -0.2) is 21.1 Å². The van der Waals surface area contributed by atoms with E-state index in [0.29, 0.717) is 17.9 Å². The Morgan fingerprint density at radius 1 is 1.04 bits per heavy atom. The second-order valence-electron chi connectivity index (χ2n) is 5.75. The Balaban J connectivity index is 1.78. The molecule has 0 radical (unpaired) electrons. The molecule has 0 saturated carbocycles. The van der Waals surface area contributed by atoms with E-state index in [1.165, 1.54) is 0 Å². The normalized spacial score (nSPS) is 10.8. The van der Waals surface area contributed by atoms with E-state index in [-0.39, 0.29) is 11.9 Å². The van der Waals surface area contributed by atoms with Crippen molar-refractivity contribution >= 4 is 22.8 Å². The summed E-state index contributed by atoms with van der Waals surface area (Å²) in [5, 5.41) is 11.2. The van der Waals surface area contributed by atoms with Crippen LogP contribution in [0.1, 0.15) is 23.2 Å². The average Bonchev–Trinajstić information content (AvgIpc) is 3.15. The number of nitrogens with zero attached hydrogens (tertiary/aromatic N) is 3. The molecular formula is C20H16N4O2. The second-order valence-corrected chi connectivity index (χ2v) is 5.75. The number of carbonyl (C=O) groups is 1. The molecule has 0 aliphatic carbocycles. The summed E-state index contributed by atoms with van der Waals surface area (Å²) >= 11 is 0. The number of carbonyl (C=O) groups excluding carboxylic acids is 1. The molecule has 4 aromatic rings. The number of pyridine rings is 1. The molecule has 1 amide bonds. The number of nitrogens with one attached hydrogen (secondary N) is 1. The Morgan fingerprint density at radius 3 is 2.58 bits per heavy atom. The van der Waals surface area contributed by atoms with Gasteiger partial charge in [-0.2, -0.15) is 0 Å². The van der Waals surface area contributed by atoms with Crippen molar-refractivity contribution in [3.05, 3.63) is 72.1 Å². The summed E-state index contributed by atoms with van der Waals surface area (Å²) in [6.07, 6.45) is 0.610. The monoisotopic (exact) mass is 344 g/mol. The van der Waals surface area contributed by atoms with Crippen molar-refractivity contribution in [1.29, 1.82) is 0 Å². The molecule has 4 rings (SSSR count). The molecule has 2 aromatic heterocycles. The fraction of sp³-hybridized carbons (Fsp3) is 0.100. The van der Waals surface area contributed by atoms with Gasteiger partial charge in [-0.1, -0.05) is 60.6 Å². The van der Waals surface area contributed by atoms with Crippen LogP contribution in [0.4, 0.5) is 6.01 Å². The second kappa shape index (κ2) is 6.76. The number of rotatable bonds is 4. The summed E-state index contributed by atoms with van der Waals surface area (Å²) in [6.45, 7) is 1.90. The van der Waals surface area contributed by atoms with Gasteiger partial charge in [-0.05, 0) is 12.1 Å². The summed E-state index contributed by atoms with van der Waals surface area (Å²) in [4.78, 5) is 17.5. The molecule has 0 unspecified atom stereocenters. The third-order valence-electron chi connectivity index (χ3n) is 4.02. The molecule has 128 valence electrons. The molecule has 1 N–H and O–H groups in total. The van der Waals surface area contributed by atoms with Crippen LogP contribution in [0.2, 0.25) is 0 Å². The van der Waals surface area contributed by atoms with Crippen molar-refractivity contribution < 1.29 is 9.21 Å². The van der Waals surface area contributed by atoms with E-state index in [1.54, 1.807) is 6.07 Å². The first kappa shape index (κ1) is 16.0. The summed E-state index contributed by atoms with van der Waals surface area (Å²) in [7, 11) is 0. The van der Waals surface area contributed by atoms with Crippen LogP contribution < -0.4 is 5.32 Å². The first-order valence-corrected chi connectivity index (χ1v) is 8.33. The number of fused-ring (bicyclic) bond motifs is 1. The Labute approximate surface area is 149 Å². The first-order valence-electron chi connectivity index (χ1n) is 8.33. The third-order valence-corrected chi connectivity index (χ3v) is 4.02. The van der Waals surface area contributed by atoms with Crippen LogP contribution in [0.3, 0.4) is 0 Å². The molecule has 6 heteroatoms. The standard InChI is InChI=1S/C20H16N4O2/c1-2-18-23-24-20(26-18)22-19(25)15-12-17(13-8-4-3-5-9-13)21-16-11-7-6-10-14(15)16/h3-12H,2H2,1H3,(H,22,24,25). The zero-order chi connectivity index (χ0) is 17.9. The van der Waals surface area contributed by atoms with Crippen molar-refractivity contribution in [1.82, 2.24) is 15.2 Å². The minimum atomic E-state index is -0.313. The molecule has 0 atom stereocenters. The molecular weight excluding hydrogens is 328 g/mol. The van der Waals surface area contributed by atoms with Gasteiger partial charge in [-0.3, -0.25) is 10.1 Å². The van der Waals surface area contributed by atoms with Gasteiger partial charge in [0.2, 0.25) is 5.89 Å². The third kappa shape index (κ3) is 3.04. The lowest BCUT2D eigenvalue weighted by Gasteiger charge is -2.09. The van der Waals surface area contributed by atoms with Crippen molar-refractivity contribution in [2.75, 3.05) is 5.32 Å². The van der Waals surface area contributed by atoms with Gasteiger partial charge >= 0.3 is 6.01 Å². The highest BCUT2D eigenvalue weighted by Gasteiger charge is 2.16. The van der Waals surface area contributed by atoms with Crippen LogP contribution in [0.5, 0.6) is 0 Å². The van der Waals surface area contributed by atoms with Gasteiger partial charge in [0, 0.05) is 17.4 Å². The van der Waals surface area contributed by atoms with E-state index < -0.39 is 0 Å². The molecule has 0 aliphatic heterocycles. The quantitative estimate of drug-likeness (QED) is 0.603. The first-order chi connectivity index (χ1) is 12.7. The van der Waals surface area contributed by atoms with E-state index in [9.17, 15) is 4.79 Å². The smallest absolute Gasteiger partial charge is 0.322 e. The van der Waals surface area contributed by atoms with Gasteiger partial charge in [0.25, 0.3) is 5.91 Å². The van der Waals surface area contributed by atoms with E-state index in [2.05, 4.69) is 20.5 Å².